The molecular formula is C16H15BrN4O2S. The second kappa shape index (κ2) is 7.25. The summed E-state index contributed by atoms with van der Waals surface area (Å²) in [4.78, 5) is 4.11. The first-order valence-corrected chi connectivity index (χ1v) is 9.47. The molecule has 2 aromatic carbocycles. The maximum atomic E-state index is 12.7. The molecule has 0 amide bonds. The number of nitrogens with zero attached hydrogens (tertiary/aromatic N) is 3. The molecule has 1 unspecified atom stereocenters. The van der Waals surface area contributed by atoms with Gasteiger partial charge in [-0.05, 0) is 23.8 Å². The Balaban J connectivity index is 1.91. The van der Waals surface area contributed by atoms with E-state index in [1.165, 1.54) is 6.33 Å². The molecule has 0 fully saturated rings. The van der Waals surface area contributed by atoms with Gasteiger partial charge in [0.1, 0.15) is 12.7 Å². The molecule has 0 saturated carbocycles. The second-order valence-electron chi connectivity index (χ2n) is 5.16. The number of sulfonamides is 1. The van der Waals surface area contributed by atoms with Crippen LogP contribution in [0.3, 0.4) is 0 Å². The molecule has 3 aromatic rings. The number of benzene rings is 2. The summed E-state index contributed by atoms with van der Waals surface area (Å²) in [6, 6.07) is 15.5. The lowest BCUT2D eigenvalue weighted by Gasteiger charge is -2.19. The number of hydrogen-bond acceptors (Lipinski definition) is 4. The third kappa shape index (κ3) is 4.08. The average molecular weight is 407 g/mol. The van der Waals surface area contributed by atoms with Gasteiger partial charge in [0.2, 0.25) is 10.0 Å². The maximum absolute atomic E-state index is 12.7. The summed E-state index contributed by atoms with van der Waals surface area (Å²) in [5, 5.41) is 4.06. The van der Waals surface area contributed by atoms with Crippen molar-refractivity contribution in [1.82, 2.24) is 19.5 Å². The highest BCUT2D eigenvalue weighted by Gasteiger charge is 2.22. The van der Waals surface area contributed by atoms with Gasteiger partial charge < -0.3 is 0 Å². The van der Waals surface area contributed by atoms with Crippen molar-refractivity contribution in [1.29, 1.82) is 0 Å². The van der Waals surface area contributed by atoms with Crippen LogP contribution < -0.4 is 4.72 Å². The van der Waals surface area contributed by atoms with Gasteiger partial charge in [0.05, 0.1) is 17.5 Å². The van der Waals surface area contributed by atoms with E-state index in [9.17, 15) is 8.42 Å². The summed E-state index contributed by atoms with van der Waals surface area (Å²) in [6.45, 7) is 0.344. The fraction of sp³-hybridized carbons (Fsp3) is 0.125. The normalized spacial score (nSPS) is 12.9. The van der Waals surface area contributed by atoms with Crippen LogP contribution in [0.2, 0.25) is 0 Å². The number of halogens is 1. The Bertz CT molecular complexity index is 899. The molecule has 0 aliphatic rings. The van der Waals surface area contributed by atoms with Crippen molar-refractivity contribution in [3.63, 3.8) is 0 Å². The Morgan fingerprint density at radius 1 is 1.12 bits per heavy atom. The molecule has 0 radical (unpaired) electrons. The Morgan fingerprint density at radius 3 is 2.58 bits per heavy atom. The van der Waals surface area contributed by atoms with Crippen molar-refractivity contribution in [3.05, 3.63) is 77.3 Å². The molecule has 1 heterocycles. The third-order valence-electron chi connectivity index (χ3n) is 3.44. The molecule has 124 valence electrons. The van der Waals surface area contributed by atoms with Crippen molar-refractivity contribution >= 4 is 26.0 Å². The van der Waals surface area contributed by atoms with E-state index in [-0.39, 0.29) is 4.90 Å². The van der Waals surface area contributed by atoms with Gasteiger partial charge >= 0.3 is 0 Å². The van der Waals surface area contributed by atoms with Crippen LogP contribution in [0.4, 0.5) is 0 Å². The molecule has 6 nitrogen and oxygen atoms in total. The fourth-order valence-electron chi connectivity index (χ4n) is 2.30. The van der Waals surface area contributed by atoms with Gasteiger partial charge in [0, 0.05) is 4.47 Å². The standard InChI is InChI=1S/C16H15BrN4O2S/c17-14-7-4-8-15(9-14)24(22,23)20-16(10-21-12-18-11-19-21)13-5-2-1-3-6-13/h1-9,11-12,16,20H,10H2. The minimum absolute atomic E-state index is 0.205. The summed E-state index contributed by atoms with van der Waals surface area (Å²) in [7, 11) is -3.67. The minimum Gasteiger partial charge on any atom is -0.251 e. The predicted molar refractivity (Wildman–Crippen MR) is 93.7 cm³/mol. The van der Waals surface area contributed by atoms with Crippen molar-refractivity contribution in [2.45, 2.75) is 17.5 Å². The molecule has 0 bridgehead atoms. The van der Waals surface area contributed by atoms with E-state index in [0.29, 0.717) is 11.0 Å². The van der Waals surface area contributed by atoms with Gasteiger partial charge in [-0.1, -0.05) is 52.3 Å². The van der Waals surface area contributed by atoms with E-state index in [4.69, 9.17) is 0 Å². The molecule has 0 saturated heterocycles. The highest BCUT2D eigenvalue weighted by Crippen LogP contribution is 2.21. The zero-order valence-corrected chi connectivity index (χ0v) is 15.0. The van der Waals surface area contributed by atoms with E-state index in [1.54, 1.807) is 35.3 Å². The van der Waals surface area contributed by atoms with Gasteiger partial charge in [-0.2, -0.15) is 5.10 Å². The minimum atomic E-state index is -3.67. The number of aromatic nitrogens is 3. The van der Waals surface area contributed by atoms with Crippen LogP contribution in [0, 0.1) is 0 Å². The first-order chi connectivity index (χ1) is 11.5. The van der Waals surface area contributed by atoms with Crippen molar-refractivity contribution in [3.8, 4) is 0 Å². The van der Waals surface area contributed by atoms with Crippen molar-refractivity contribution in [2.75, 3.05) is 0 Å². The molecular weight excluding hydrogens is 392 g/mol. The summed E-state index contributed by atoms with van der Waals surface area (Å²) < 4.78 is 30.5. The monoisotopic (exact) mass is 406 g/mol. The number of rotatable bonds is 6. The molecule has 3 rings (SSSR count). The molecule has 1 atom stereocenters. The predicted octanol–water partition coefficient (Wildman–Crippen LogP) is 2.76. The molecule has 1 N–H and O–H groups in total. The molecule has 0 spiro atoms. The van der Waals surface area contributed by atoms with Gasteiger partial charge in [-0.25, -0.2) is 18.1 Å². The van der Waals surface area contributed by atoms with Crippen LogP contribution in [-0.4, -0.2) is 23.2 Å². The zero-order valence-electron chi connectivity index (χ0n) is 12.6. The molecule has 0 aliphatic carbocycles. The largest absolute Gasteiger partial charge is 0.251 e. The van der Waals surface area contributed by atoms with E-state index in [1.807, 2.05) is 30.3 Å². The SMILES string of the molecule is O=S(=O)(NC(Cn1cncn1)c1ccccc1)c1cccc(Br)c1. The average Bonchev–Trinajstić information content (AvgIpc) is 3.08. The Morgan fingerprint density at radius 2 is 1.92 bits per heavy atom. The van der Waals surface area contributed by atoms with E-state index < -0.39 is 16.1 Å². The van der Waals surface area contributed by atoms with Gasteiger partial charge in [0.15, 0.2) is 0 Å². The second-order valence-corrected chi connectivity index (χ2v) is 7.79. The van der Waals surface area contributed by atoms with Crippen LogP contribution in [0.1, 0.15) is 11.6 Å². The van der Waals surface area contributed by atoms with Crippen LogP contribution in [0.15, 0.2) is 76.6 Å². The first-order valence-electron chi connectivity index (χ1n) is 7.20. The van der Waals surface area contributed by atoms with Crippen molar-refractivity contribution in [2.24, 2.45) is 0 Å². The molecule has 8 heteroatoms. The highest BCUT2D eigenvalue weighted by molar-refractivity contribution is 9.10. The fourth-order valence-corrected chi connectivity index (χ4v) is 4.11. The van der Waals surface area contributed by atoms with Crippen molar-refractivity contribution < 1.29 is 8.42 Å². The first kappa shape index (κ1) is 16.8. The van der Waals surface area contributed by atoms with Gasteiger partial charge in [0.25, 0.3) is 0 Å². The Labute approximate surface area is 148 Å². The third-order valence-corrected chi connectivity index (χ3v) is 5.40. The zero-order chi connectivity index (χ0) is 17.0. The molecule has 0 aliphatic heterocycles. The summed E-state index contributed by atoms with van der Waals surface area (Å²) in [5.74, 6) is 0. The van der Waals surface area contributed by atoms with Gasteiger partial charge in [-0.15, -0.1) is 0 Å². The number of hydrogen-bond donors (Lipinski definition) is 1. The molecule has 1 aromatic heterocycles. The van der Waals surface area contributed by atoms with E-state index >= 15 is 0 Å². The topological polar surface area (TPSA) is 76.9 Å². The van der Waals surface area contributed by atoms with E-state index in [2.05, 4.69) is 30.7 Å². The lowest BCUT2D eigenvalue weighted by Crippen LogP contribution is -2.31. The quantitative estimate of drug-likeness (QED) is 0.682. The Kier molecular flexibility index (Phi) is 5.08. The smallest absolute Gasteiger partial charge is 0.241 e. The van der Waals surface area contributed by atoms with E-state index in [0.717, 1.165) is 5.56 Å². The Hall–Kier alpha value is -2.03. The van der Waals surface area contributed by atoms with Crippen LogP contribution in [0.25, 0.3) is 0 Å². The van der Waals surface area contributed by atoms with Gasteiger partial charge in [-0.3, -0.25) is 4.68 Å². The van der Waals surface area contributed by atoms with Crippen LogP contribution in [-0.2, 0) is 16.6 Å². The molecule has 24 heavy (non-hydrogen) atoms. The highest BCUT2D eigenvalue weighted by atomic mass is 79.9. The maximum Gasteiger partial charge on any atom is 0.241 e. The lowest BCUT2D eigenvalue weighted by atomic mass is 10.1. The summed E-state index contributed by atoms with van der Waals surface area (Å²) in [6.07, 6.45) is 2.98. The summed E-state index contributed by atoms with van der Waals surface area (Å²) >= 11 is 3.30. The van der Waals surface area contributed by atoms with Crippen LogP contribution >= 0.6 is 15.9 Å². The number of nitrogens with one attached hydrogen (secondary N) is 1. The van der Waals surface area contributed by atoms with Crippen LogP contribution in [0.5, 0.6) is 0 Å². The lowest BCUT2D eigenvalue weighted by molar-refractivity contribution is 0.482. The summed E-state index contributed by atoms with van der Waals surface area (Å²) in [5.41, 5.74) is 0.853.